The molecule has 0 saturated carbocycles. The molecule has 2 amide bonds. The average molecular weight is 323 g/mol. The Hall–Kier alpha value is -3.09. The molecule has 0 atom stereocenters. The lowest BCUT2D eigenvalue weighted by Gasteiger charge is -2.06. The number of carbonyl (C=O) groups excluding carboxylic acids is 1. The first-order valence-corrected chi connectivity index (χ1v) is 7.89. The summed E-state index contributed by atoms with van der Waals surface area (Å²) in [6.07, 6.45) is 3.50. The first-order valence-electron chi connectivity index (χ1n) is 7.89. The highest BCUT2D eigenvalue weighted by Gasteiger charge is 2.12. The van der Waals surface area contributed by atoms with Crippen molar-refractivity contribution in [3.8, 4) is 5.75 Å². The number of nitrogens with zero attached hydrogens (tertiary/aromatic N) is 3. The van der Waals surface area contributed by atoms with E-state index in [0.717, 1.165) is 25.2 Å². The van der Waals surface area contributed by atoms with E-state index < -0.39 is 0 Å². The van der Waals surface area contributed by atoms with Gasteiger partial charge in [0.05, 0.1) is 6.61 Å². The zero-order valence-electron chi connectivity index (χ0n) is 13.0. The van der Waals surface area contributed by atoms with Crippen LogP contribution in [-0.2, 0) is 12.8 Å². The number of amides is 2. The number of aromatic nitrogens is 3. The molecule has 2 aromatic heterocycles. The maximum absolute atomic E-state index is 11.9. The number of carbonyl (C=O) groups is 1. The summed E-state index contributed by atoms with van der Waals surface area (Å²) in [5.41, 5.74) is 3.12. The first kappa shape index (κ1) is 14.5. The molecule has 3 aromatic rings. The van der Waals surface area contributed by atoms with Crippen LogP contribution >= 0.6 is 0 Å². The van der Waals surface area contributed by atoms with Gasteiger partial charge in [0.1, 0.15) is 5.75 Å². The molecule has 0 bridgehead atoms. The Kier molecular flexibility index (Phi) is 3.74. The van der Waals surface area contributed by atoms with Gasteiger partial charge in [-0.3, -0.25) is 5.32 Å². The number of rotatable bonds is 4. The lowest BCUT2D eigenvalue weighted by molar-refractivity contribution is 0.252. The number of ether oxygens (including phenoxy) is 1. The van der Waals surface area contributed by atoms with Gasteiger partial charge in [-0.25, -0.2) is 9.31 Å². The van der Waals surface area contributed by atoms with Crippen LogP contribution in [0.4, 0.5) is 10.7 Å². The minimum absolute atomic E-state index is 0.286. The van der Waals surface area contributed by atoms with E-state index in [0.29, 0.717) is 12.2 Å². The van der Waals surface area contributed by atoms with Gasteiger partial charge in [-0.15, -0.1) is 5.10 Å². The Bertz CT molecular complexity index is 857. The van der Waals surface area contributed by atoms with Gasteiger partial charge in [0, 0.05) is 19.2 Å². The Morgan fingerprint density at radius 3 is 3.17 bits per heavy atom. The van der Waals surface area contributed by atoms with Crippen molar-refractivity contribution in [1.82, 2.24) is 19.9 Å². The zero-order valence-corrected chi connectivity index (χ0v) is 13.0. The fraction of sp³-hybridized carbons (Fsp3) is 0.235. The molecule has 0 unspecified atom stereocenters. The third-order valence-electron chi connectivity index (χ3n) is 3.92. The van der Waals surface area contributed by atoms with Crippen LogP contribution in [0.5, 0.6) is 5.75 Å². The number of hydrogen-bond acceptors (Lipinski definition) is 4. The summed E-state index contributed by atoms with van der Waals surface area (Å²) in [7, 11) is 0. The molecule has 0 aliphatic carbocycles. The van der Waals surface area contributed by atoms with E-state index in [1.807, 2.05) is 30.3 Å². The minimum Gasteiger partial charge on any atom is -0.493 e. The minimum atomic E-state index is -0.310. The molecule has 0 spiro atoms. The second kappa shape index (κ2) is 6.19. The molecule has 1 aliphatic rings. The molecule has 7 heteroatoms. The fourth-order valence-electron chi connectivity index (χ4n) is 2.75. The average Bonchev–Trinajstić information content (AvgIpc) is 3.19. The quantitative estimate of drug-likeness (QED) is 0.770. The molecule has 3 heterocycles. The van der Waals surface area contributed by atoms with Crippen molar-refractivity contribution >= 4 is 17.6 Å². The fourth-order valence-corrected chi connectivity index (χ4v) is 2.75. The summed E-state index contributed by atoms with van der Waals surface area (Å²) in [6, 6.07) is 11.4. The van der Waals surface area contributed by atoms with Crippen LogP contribution in [0.15, 0.2) is 42.6 Å². The van der Waals surface area contributed by atoms with Gasteiger partial charge in [0.2, 0.25) is 0 Å². The summed E-state index contributed by atoms with van der Waals surface area (Å²) in [5, 5.41) is 9.65. The molecule has 122 valence electrons. The second-order valence-electron chi connectivity index (χ2n) is 5.61. The third-order valence-corrected chi connectivity index (χ3v) is 3.92. The lowest BCUT2D eigenvalue weighted by atomic mass is 10.1. The highest BCUT2D eigenvalue weighted by molar-refractivity contribution is 5.87. The van der Waals surface area contributed by atoms with Crippen molar-refractivity contribution in [3.05, 3.63) is 53.7 Å². The number of urea groups is 1. The summed E-state index contributed by atoms with van der Waals surface area (Å²) in [5.74, 6) is 1.26. The highest BCUT2D eigenvalue weighted by atomic mass is 16.5. The monoisotopic (exact) mass is 323 g/mol. The van der Waals surface area contributed by atoms with Gasteiger partial charge < -0.3 is 10.1 Å². The number of hydrogen-bond donors (Lipinski definition) is 2. The smallest absolute Gasteiger partial charge is 0.321 e. The van der Waals surface area contributed by atoms with Gasteiger partial charge in [-0.05, 0) is 35.7 Å². The predicted molar refractivity (Wildman–Crippen MR) is 89.4 cm³/mol. The normalized spacial score (nSPS) is 12.7. The van der Waals surface area contributed by atoms with Crippen molar-refractivity contribution in [1.29, 1.82) is 0 Å². The van der Waals surface area contributed by atoms with E-state index in [2.05, 4.69) is 26.8 Å². The Labute approximate surface area is 138 Å². The van der Waals surface area contributed by atoms with Crippen LogP contribution in [0.3, 0.4) is 0 Å². The molecule has 0 fully saturated rings. The van der Waals surface area contributed by atoms with E-state index >= 15 is 0 Å². The maximum atomic E-state index is 11.9. The third kappa shape index (κ3) is 3.01. The lowest BCUT2D eigenvalue weighted by Crippen LogP contribution is -2.30. The Balaban J connectivity index is 1.30. The summed E-state index contributed by atoms with van der Waals surface area (Å²) in [6.45, 7) is 1.30. The van der Waals surface area contributed by atoms with Crippen molar-refractivity contribution in [3.63, 3.8) is 0 Å². The topological polar surface area (TPSA) is 80.5 Å². The van der Waals surface area contributed by atoms with E-state index in [9.17, 15) is 4.79 Å². The van der Waals surface area contributed by atoms with E-state index in [-0.39, 0.29) is 12.0 Å². The summed E-state index contributed by atoms with van der Waals surface area (Å²) in [4.78, 5) is 16.2. The van der Waals surface area contributed by atoms with Crippen molar-refractivity contribution < 1.29 is 9.53 Å². The van der Waals surface area contributed by atoms with Gasteiger partial charge in [0.15, 0.2) is 5.65 Å². The van der Waals surface area contributed by atoms with Crippen LogP contribution in [0, 0.1) is 0 Å². The SMILES string of the molecule is O=C(NCCc1ccc2c(c1)CCO2)Nc1nc2ccccn2n1. The molecule has 0 saturated heterocycles. The van der Waals surface area contributed by atoms with E-state index in [1.165, 1.54) is 11.1 Å². The molecule has 1 aliphatic heterocycles. The van der Waals surface area contributed by atoms with Gasteiger partial charge in [0.25, 0.3) is 5.95 Å². The number of pyridine rings is 1. The molecule has 24 heavy (non-hydrogen) atoms. The van der Waals surface area contributed by atoms with Crippen LogP contribution in [0.2, 0.25) is 0 Å². The molecule has 2 N–H and O–H groups in total. The van der Waals surface area contributed by atoms with Crippen molar-refractivity contribution in [2.45, 2.75) is 12.8 Å². The maximum Gasteiger partial charge on any atom is 0.321 e. The number of anilines is 1. The molecule has 7 nitrogen and oxygen atoms in total. The molecule has 4 rings (SSSR count). The van der Waals surface area contributed by atoms with Gasteiger partial charge >= 0.3 is 6.03 Å². The summed E-state index contributed by atoms with van der Waals surface area (Å²) < 4.78 is 7.11. The van der Waals surface area contributed by atoms with Crippen LogP contribution in [-0.4, -0.2) is 33.8 Å². The van der Waals surface area contributed by atoms with Crippen molar-refractivity contribution in [2.75, 3.05) is 18.5 Å². The highest BCUT2D eigenvalue weighted by Crippen LogP contribution is 2.25. The molecular formula is C17H17N5O2. The Morgan fingerprint density at radius 2 is 2.25 bits per heavy atom. The number of nitrogens with one attached hydrogen (secondary N) is 2. The van der Waals surface area contributed by atoms with Crippen LogP contribution in [0.25, 0.3) is 5.65 Å². The number of fused-ring (bicyclic) bond motifs is 2. The number of benzene rings is 1. The zero-order chi connectivity index (χ0) is 16.4. The second-order valence-corrected chi connectivity index (χ2v) is 5.61. The van der Waals surface area contributed by atoms with Crippen LogP contribution in [0.1, 0.15) is 11.1 Å². The van der Waals surface area contributed by atoms with Crippen LogP contribution < -0.4 is 15.4 Å². The predicted octanol–water partition coefficient (Wildman–Crippen LogP) is 2.03. The van der Waals surface area contributed by atoms with Crippen molar-refractivity contribution in [2.24, 2.45) is 0 Å². The summed E-state index contributed by atoms with van der Waals surface area (Å²) >= 11 is 0. The molecular weight excluding hydrogens is 306 g/mol. The Morgan fingerprint density at radius 1 is 1.29 bits per heavy atom. The van der Waals surface area contributed by atoms with Gasteiger partial charge in [-0.1, -0.05) is 18.2 Å². The van der Waals surface area contributed by atoms with E-state index in [1.54, 1.807) is 10.7 Å². The molecule has 1 aromatic carbocycles. The largest absolute Gasteiger partial charge is 0.493 e. The van der Waals surface area contributed by atoms with Gasteiger partial charge in [-0.2, -0.15) is 4.98 Å². The van der Waals surface area contributed by atoms with E-state index in [4.69, 9.17) is 4.74 Å². The standard InChI is InChI=1S/C17H17N5O2/c23-17(20-16-19-15-3-1-2-9-22(15)21-16)18-8-6-12-4-5-14-13(11-12)7-10-24-14/h1-5,9,11H,6-8,10H2,(H2,18,20,21,23). The molecule has 0 radical (unpaired) electrons. The first-order chi connectivity index (χ1) is 11.8.